The number of hydrogen-bond acceptors (Lipinski definition) is 5. The van der Waals surface area contributed by atoms with Gasteiger partial charge in [0.15, 0.2) is 0 Å². The van der Waals surface area contributed by atoms with Crippen LogP contribution in [0.2, 0.25) is 0 Å². The van der Waals surface area contributed by atoms with Crippen LogP contribution < -0.4 is 4.72 Å². The minimum atomic E-state index is -3.76. The van der Waals surface area contributed by atoms with E-state index in [1.54, 1.807) is 0 Å². The molecule has 0 aliphatic heterocycles. The number of rotatable bonds is 6. The summed E-state index contributed by atoms with van der Waals surface area (Å²) >= 11 is 0. The number of carboxylic acids is 1. The van der Waals surface area contributed by atoms with Crippen molar-refractivity contribution in [2.45, 2.75) is 11.3 Å². The van der Waals surface area contributed by atoms with Crippen molar-refractivity contribution in [3.8, 4) is 0 Å². The Kier molecular flexibility index (Phi) is 5.02. The number of methoxy groups -OCH3 is 1. The number of aromatic carboxylic acids is 1. The minimum Gasteiger partial charge on any atom is -0.478 e. The molecule has 0 amide bonds. The number of nitrogens with one attached hydrogen (secondary N) is 1. The smallest absolute Gasteiger partial charge is 0.335 e. The molecule has 0 atom stereocenters. The number of sulfonamides is 1. The summed E-state index contributed by atoms with van der Waals surface area (Å²) in [5.41, 5.74) is -0.00601. The van der Waals surface area contributed by atoms with Crippen LogP contribution in [0.3, 0.4) is 0 Å². The molecule has 0 radical (unpaired) electrons. The molecule has 0 bridgehead atoms. The Hall–Kier alpha value is -1.93. The van der Waals surface area contributed by atoms with E-state index in [-0.39, 0.29) is 23.4 Å². The van der Waals surface area contributed by atoms with E-state index in [2.05, 4.69) is 9.46 Å². The maximum absolute atomic E-state index is 11.8. The molecule has 1 aromatic carbocycles. The van der Waals surface area contributed by atoms with Gasteiger partial charge in [0.05, 0.1) is 24.0 Å². The maximum atomic E-state index is 11.8. The van der Waals surface area contributed by atoms with Gasteiger partial charge in [-0.2, -0.15) is 0 Å². The lowest BCUT2D eigenvalue weighted by Gasteiger charge is -2.06. The molecule has 0 fully saturated rings. The van der Waals surface area contributed by atoms with Crippen LogP contribution in [0.5, 0.6) is 0 Å². The molecule has 0 spiro atoms. The highest BCUT2D eigenvalue weighted by molar-refractivity contribution is 7.89. The Morgan fingerprint density at radius 2 is 1.84 bits per heavy atom. The van der Waals surface area contributed by atoms with Gasteiger partial charge in [0.2, 0.25) is 10.0 Å². The molecule has 0 aliphatic rings. The Morgan fingerprint density at radius 1 is 1.26 bits per heavy atom. The first kappa shape index (κ1) is 15.1. The number of benzene rings is 1. The van der Waals surface area contributed by atoms with Gasteiger partial charge < -0.3 is 9.84 Å². The molecule has 0 saturated heterocycles. The highest BCUT2D eigenvalue weighted by Gasteiger charge is 2.15. The minimum absolute atomic E-state index is 0.00601. The van der Waals surface area contributed by atoms with Gasteiger partial charge in [0.25, 0.3) is 0 Å². The lowest BCUT2D eigenvalue weighted by Crippen LogP contribution is -2.26. The SMILES string of the molecule is COC(=O)CCNS(=O)(=O)c1ccc(C(=O)O)cc1. The molecule has 0 aromatic heterocycles. The number of esters is 1. The standard InChI is InChI=1S/C11H13NO6S/c1-18-10(13)6-7-12-19(16,17)9-4-2-8(3-5-9)11(14)15/h2-5,12H,6-7H2,1H3,(H,14,15). The average Bonchev–Trinajstić information content (AvgIpc) is 2.38. The quantitative estimate of drug-likeness (QED) is 0.725. The summed E-state index contributed by atoms with van der Waals surface area (Å²) in [5, 5.41) is 8.69. The second-order valence-electron chi connectivity index (χ2n) is 3.55. The van der Waals surface area contributed by atoms with Crippen molar-refractivity contribution in [3.63, 3.8) is 0 Å². The predicted molar refractivity (Wildman–Crippen MR) is 65.2 cm³/mol. The lowest BCUT2D eigenvalue weighted by atomic mass is 10.2. The third-order valence-electron chi connectivity index (χ3n) is 2.26. The molecule has 2 N–H and O–H groups in total. The van der Waals surface area contributed by atoms with Crippen molar-refractivity contribution in [1.82, 2.24) is 4.72 Å². The number of ether oxygens (including phenoxy) is 1. The number of carbonyl (C=O) groups is 2. The van der Waals surface area contributed by atoms with Gasteiger partial charge in [-0.15, -0.1) is 0 Å². The Labute approximate surface area is 110 Å². The highest BCUT2D eigenvalue weighted by atomic mass is 32.2. The third-order valence-corrected chi connectivity index (χ3v) is 3.74. The molecule has 7 nitrogen and oxygen atoms in total. The normalized spacial score (nSPS) is 11.0. The maximum Gasteiger partial charge on any atom is 0.335 e. The molecule has 0 heterocycles. The molecule has 0 aliphatic carbocycles. The van der Waals surface area contributed by atoms with E-state index < -0.39 is 22.0 Å². The van der Waals surface area contributed by atoms with Crippen molar-refractivity contribution >= 4 is 22.0 Å². The van der Waals surface area contributed by atoms with Crippen molar-refractivity contribution in [2.24, 2.45) is 0 Å². The van der Waals surface area contributed by atoms with Crippen LogP contribution >= 0.6 is 0 Å². The monoisotopic (exact) mass is 287 g/mol. The van der Waals surface area contributed by atoms with E-state index >= 15 is 0 Å². The number of carbonyl (C=O) groups excluding carboxylic acids is 1. The molecule has 8 heteroatoms. The molecule has 104 valence electrons. The molecule has 0 saturated carbocycles. The van der Waals surface area contributed by atoms with Crippen LogP contribution in [0.4, 0.5) is 0 Å². The largest absolute Gasteiger partial charge is 0.478 e. The Balaban J connectivity index is 2.72. The van der Waals surface area contributed by atoms with Gasteiger partial charge in [0, 0.05) is 6.54 Å². The highest BCUT2D eigenvalue weighted by Crippen LogP contribution is 2.10. The van der Waals surface area contributed by atoms with Gasteiger partial charge in [-0.05, 0) is 24.3 Å². The summed E-state index contributed by atoms with van der Waals surface area (Å²) in [6, 6.07) is 4.75. The fourth-order valence-electron chi connectivity index (χ4n) is 1.25. The van der Waals surface area contributed by atoms with Crippen LogP contribution in [0.25, 0.3) is 0 Å². The second kappa shape index (κ2) is 6.30. The Bertz CT molecular complexity index is 563. The topological polar surface area (TPSA) is 110 Å². The summed E-state index contributed by atoms with van der Waals surface area (Å²) in [5.74, 6) is -1.66. The summed E-state index contributed by atoms with van der Waals surface area (Å²) in [6.45, 7) is -0.0876. The van der Waals surface area contributed by atoms with E-state index in [9.17, 15) is 18.0 Å². The predicted octanol–water partition coefficient (Wildman–Crippen LogP) is 0.226. The van der Waals surface area contributed by atoms with E-state index in [4.69, 9.17) is 5.11 Å². The zero-order valence-corrected chi connectivity index (χ0v) is 10.9. The van der Waals surface area contributed by atoms with Crippen LogP contribution in [0.1, 0.15) is 16.8 Å². The van der Waals surface area contributed by atoms with E-state index in [0.717, 1.165) is 0 Å². The molecular weight excluding hydrogens is 274 g/mol. The third kappa shape index (κ3) is 4.34. The summed E-state index contributed by atoms with van der Waals surface area (Å²) in [6.07, 6.45) is -0.0804. The molecule has 19 heavy (non-hydrogen) atoms. The fourth-order valence-corrected chi connectivity index (χ4v) is 2.28. The number of carboxylic acid groups (broad SMARTS) is 1. The van der Waals surface area contributed by atoms with Gasteiger partial charge >= 0.3 is 11.9 Å². The van der Waals surface area contributed by atoms with E-state index in [1.807, 2.05) is 0 Å². The van der Waals surface area contributed by atoms with Gasteiger partial charge in [0.1, 0.15) is 0 Å². The van der Waals surface area contributed by atoms with Gasteiger partial charge in [-0.1, -0.05) is 0 Å². The van der Waals surface area contributed by atoms with Gasteiger partial charge in [-0.3, -0.25) is 4.79 Å². The first-order chi connectivity index (χ1) is 8.86. The van der Waals surface area contributed by atoms with Gasteiger partial charge in [-0.25, -0.2) is 17.9 Å². The fraction of sp³-hybridized carbons (Fsp3) is 0.273. The zero-order valence-electron chi connectivity index (χ0n) is 10.1. The van der Waals surface area contributed by atoms with E-state index in [0.29, 0.717) is 0 Å². The van der Waals surface area contributed by atoms with Crippen LogP contribution in [-0.2, 0) is 19.6 Å². The molecule has 1 aromatic rings. The molecule has 0 unspecified atom stereocenters. The molecule has 1 rings (SSSR count). The average molecular weight is 287 g/mol. The van der Waals surface area contributed by atoms with Crippen LogP contribution in [0, 0.1) is 0 Å². The van der Waals surface area contributed by atoms with Crippen molar-refractivity contribution in [2.75, 3.05) is 13.7 Å². The van der Waals surface area contributed by atoms with Crippen LogP contribution in [-0.4, -0.2) is 39.1 Å². The number of hydrogen-bond donors (Lipinski definition) is 2. The second-order valence-corrected chi connectivity index (χ2v) is 5.32. The van der Waals surface area contributed by atoms with E-state index in [1.165, 1.54) is 31.4 Å². The molecular formula is C11H13NO6S. The summed E-state index contributed by atoms with van der Waals surface area (Å²) < 4.78 is 30.1. The Morgan fingerprint density at radius 3 is 2.32 bits per heavy atom. The first-order valence-corrected chi connectivity index (χ1v) is 6.75. The van der Waals surface area contributed by atoms with Crippen molar-refractivity contribution < 1.29 is 27.9 Å². The summed E-state index contributed by atoms with van der Waals surface area (Å²) in [7, 11) is -2.55. The zero-order chi connectivity index (χ0) is 14.5. The van der Waals surface area contributed by atoms with Crippen molar-refractivity contribution in [3.05, 3.63) is 29.8 Å². The summed E-state index contributed by atoms with van der Waals surface area (Å²) in [4.78, 5) is 21.4. The first-order valence-electron chi connectivity index (χ1n) is 5.26. The van der Waals surface area contributed by atoms with Crippen LogP contribution in [0.15, 0.2) is 29.2 Å². The lowest BCUT2D eigenvalue weighted by molar-refractivity contribution is -0.140. The van der Waals surface area contributed by atoms with Crippen molar-refractivity contribution in [1.29, 1.82) is 0 Å².